The van der Waals surface area contributed by atoms with Crippen LogP contribution in [0.15, 0.2) is 43.0 Å². The summed E-state index contributed by atoms with van der Waals surface area (Å²) in [5.74, 6) is 0.311. The summed E-state index contributed by atoms with van der Waals surface area (Å²) in [6.07, 6.45) is 5.69. The molecule has 0 saturated heterocycles. The van der Waals surface area contributed by atoms with Crippen LogP contribution in [0.2, 0.25) is 0 Å². The second-order valence-electron chi connectivity index (χ2n) is 5.62. The number of benzene rings is 1. The van der Waals surface area contributed by atoms with Gasteiger partial charge in [0.15, 0.2) is 0 Å². The Morgan fingerprint density at radius 1 is 1.33 bits per heavy atom. The first-order chi connectivity index (χ1) is 9.70. The molecule has 2 unspecified atom stereocenters. The highest BCUT2D eigenvalue weighted by Gasteiger charge is 2.28. The normalized spacial score (nSPS) is 21.2. The van der Waals surface area contributed by atoms with Crippen molar-refractivity contribution in [3.63, 3.8) is 0 Å². The van der Waals surface area contributed by atoms with Crippen LogP contribution in [0.4, 0.5) is 0 Å². The first kappa shape index (κ1) is 17.7. The quantitative estimate of drug-likeness (QED) is 0.849. The minimum absolute atomic E-state index is 0. The maximum absolute atomic E-state index is 12.7. The number of nitrogens with zero attached hydrogens (tertiary/aromatic N) is 1. The van der Waals surface area contributed by atoms with Gasteiger partial charge in [-0.15, -0.1) is 19.0 Å². The Kier molecular flexibility index (Phi) is 7.48. The molecule has 1 aliphatic carbocycles. The zero-order chi connectivity index (χ0) is 14.4. The first-order valence-corrected chi connectivity index (χ1v) is 7.40. The lowest BCUT2D eigenvalue weighted by molar-refractivity contribution is -0.136. The van der Waals surface area contributed by atoms with Crippen molar-refractivity contribution < 1.29 is 4.79 Å². The smallest absolute Gasteiger partial charge is 0.226 e. The number of hydrogen-bond acceptors (Lipinski definition) is 2. The van der Waals surface area contributed by atoms with Crippen molar-refractivity contribution in [1.29, 1.82) is 0 Å². The Bertz CT molecular complexity index is 449. The molecule has 1 saturated carbocycles. The Hall–Kier alpha value is -1.32. The van der Waals surface area contributed by atoms with Gasteiger partial charge in [0.2, 0.25) is 5.91 Å². The number of hydrogen-bond donors (Lipinski definition) is 1. The van der Waals surface area contributed by atoms with Gasteiger partial charge in [0, 0.05) is 25.0 Å². The molecule has 2 N–H and O–H groups in total. The van der Waals surface area contributed by atoms with E-state index in [1.165, 1.54) is 0 Å². The van der Waals surface area contributed by atoms with Crippen molar-refractivity contribution in [3.05, 3.63) is 48.6 Å². The predicted molar refractivity (Wildman–Crippen MR) is 89.2 cm³/mol. The highest BCUT2D eigenvalue weighted by molar-refractivity contribution is 5.85. The molecule has 1 fully saturated rings. The van der Waals surface area contributed by atoms with Crippen LogP contribution in [0.5, 0.6) is 0 Å². The van der Waals surface area contributed by atoms with E-state index in [-0.39, 0.29) is 30.3 Å². The molecule has 116 valence electrons. The lowest BCUT2D eigenvalue weighted by atomic mass is 9.85. The summed E-state index contributed by atoms with van der Waals surface area (Å²) in [4.78, 5) is 14.6. The van der Waals surface area contributed by atoms with Gasteiger partial charge in [0.1, 0.15) is 0 Å². The molecule has 0 bridgehead atoms. The molecule has 1 aromatic carbocycles. The second-order valence-corrected chi connectivity index (χ2v) is 5.62. The van der Waals surface area contributed by atoms with Crippen LogP contribution < -0.4 is 5.73 Å². The number of nitrogens with two attached hydrogens (primary N) is 1. The molecule has 1 aromatic rings. The maximum Gasteiger partial charge on any atom is 0.226 e. The minimum atomic E-state index is 0. The van der Waals surface area contributed by atoms with Gasteiger partial charge in [0.25, 0.3) is 0 Å². The first-order valence-electron chi connectivity index (χ1n) is 7.40. The molecule has 2 rings (SSSR count). The van der Waals surface area contributed by atoms with E-state index in [4.69, 9.17) is 5.73 Å². The van der Waals surface area contributed by atoms with Gasteiger partial charge in [-0.3, -0.25) is 4.79 Å². The van der Waals surface area contributed by atoms with E-state index >= 15 is 0 Å². The van der Waals surface area contributed by atoms with Crippen molar-refractivity contribution in [2.24, 2.45) is 11.7 Å². The monoisotopic (exact) mass is 308 g/mol. The second kappa shape index (κ2) is 8.85. The number of rotatable bonds is 5. The number of halogens is 1. The third-order valence-electron chi connectivity index (χ3n) is 3.94. The Balaban J connectivity index is 0.00000220. The van der Waals surface area contributed by atoms with Crippen molar-refractivity contribution in [2.45, 2.75) is 38.3 Å². The summed E-state index contributed by atoms with van der Waals surface area (Å²) >= 11 is 0. The molecule has 0 heterocycles. The Morgan fingerprint density at radius 3 is 2.67 bits per heavy atom. The van der Waals surface area contributed by atoms with E-state index in [1.54, 1.807) is 6.08 Å². The number of carbonyl (C=O) groups excluding carboxylic acids is 1. The van der Waals surface area contributed by atoms with Crippen LogP contribution in [0.25, 0.3) is 0 Å². The fourth-order valence-corrected chi connectivity index (χ4v) is 2.90. The highest BCUT2D eigenvalue weighted by Crippen LogP contribution is 2.25. The lowest BCUT2D eigenvalue weighted by Gasteiger charge is -2.31. The van der Waals surface area contributed by atoms with Crippen LogP contribution in [-0.4, -0.2) is 23.4 Å². The van der Waals surface area contributed by atoms with Gasteiger partial charge >= 0.3 is 0 Å². The summed E-state index contributed by atoms with van der Waals surface area (Å²) in [5, 5.41) is 0. The Morgan fingerprint density at radius 2 is 2.05 bits per heavy atom. The van der Waals surface area contributed by atoms with Crippen LogP contribution in [0.1, 0.15) is 31.2 Å². The summed E-state index contributed by atoms with van der Waals surface area (Å²) in [5.41, 5.74) is 7.15. The minimum Gasteiger partial charge on any atom is -0.334 e. The zero-order valence-electron chi connectivity index (χ0n) is 12.4. The van der Waals surface area contributed by atoms with E-state index in [2.05, 4.69) is 18.7 Å². The average molecular weight is 309 g/mol. The van der Waals surface area contributed by atoms with Crippen molar-refractivity contribution in [3.8, 4) is 0 Å². The molecule has 4 heteroatoms. The van der Waals surface area contributed by atoms with Crippen molar-refractivity contribution in [1.82, 2.24) is 4.90 Å². The van der Waals surface area contributed by atoms with E-state index in [0.717, 1.165) is 31.2 Å². The van der Waals surface area contributed by atoms with Gasteiger partial charge in [-0.2, -0.15) is 0 Å². The topological polar surface area (TPSA) is 46.3 Å². The average Bonchev–Trinajstić information content (AvgIpc) is 2.47. The Labute approximate surface area is 133 Å². The molecule has 0 aliphatic heterocycles. The lowest BCUT2D eigenvalue weighted by Crippen LogP contribution is -2.40. The van der Waals surface area contributed by atoms with Crippen LogP contribution >= 0.6 is 12.4 Å². The zero-order valence-corrected chi connectivity index (χ0v) is 13.2. The summed E-state index contributed by atoms with van der Waals surface area (Å²) in [6, 6.07) is 10.3. The fourth-order valence-electron chi connectivity index (χ4n) is 2.90. The SMILES string of the molecule is C=CCN(Cc1ccccc1)C(=O)C1CCCC(N)C1.Cl. The van der Waals surface area contributed by atoms with Crippen molar-refractivity contribution >= 4 is 18.3 Å². The molecule has 1 aliphatic rings. The third-order valence-corrected chi connectivity index (χ3v) is 3.94. The van der Waals surface area contributed by atoms with Crippen LogP contribution in [0, 0.1) is 5.92 Å². The molecule has 3 nitrogen and oxygen atoms in total. The molecule has 0 radical (unpaired) electrons. The van der Waals surface area contributed by atoms with Crippen LogP contribution in [0.3, 0.4) is 0 Å². The highest BCUT2D eigenvalue weighted by atomic mass is 35.5. The van der Waals surface area contributed by atoms with Gasteiger partial charge in [-0.25, -0.2) is 0 Å². The number of carbonyl (C=O) groups is 1. The molecule has 0 aromatic heterocycles. The number of amides is 1. The van der Waals surface area contributed by atoms with Gasteiger partial charge in [-0.05, 0) is 24.8 Å². The summed E-state index contributed by atoms with van der Waals surface area (Å²) < 4.78 is 0. The largest absolute Gasteiger partial charge is 0.334 e. The predicted octanol–water partition coefficient (Wildman–Crippen LogP) is 3.14. The van der Waals surface area contributed by atoms with E-state index in [1.807, 2.05) is 23.1 Å². The van der Waals surface area contributed by atoms with E-state index in [0.29, 0.717) is 13.1 Å². The van der Waals surface area contributed by atoms with E-state index in [9.17, 15) is 4.79 Å². The standard InChI is InChI=1S/C17H24N2O.ClH/c1-2-11-19(13-14-7-4-3-5-8-14)17(20)15-9-6-10-16(18)12-15;/h2-5,7-8,15-16H,1,6,9-13,18H2;1H. The molecule has 1 amide bonds. The molecule has 2 atom stereocenters. The summed E-state index contributed by atoms with van der Waals surface area (Å²) in [7, 11) is 0. The molecular formula is C17H25ClN2O. The van der Waals surface area contributed by atoms with E-state index < -0.39 is 0 Å². The van der Waals surface area contributed by atoms with Gasteiger partial charge in [0.05, 0.1) is 0 Å². The maximum atomic E-state index is 12.7. The summed E-state index contributed by atoms with van der Waals surface area (Å²) in [6.45, 7) is 5.01. The van der Waals surface area contributed by atoms with Crippen molar-refractivity contribution in [2.75, 3.05) is 6.54 Å². The van der Waals surface area contributed by atoms with Gasteiger partial charge < -0.3 is 10.6 Å². The molecule has 21 heavy (non-hydrogen) atoms. The fraction of sp³-hybridized carbons (Fsp3) is 0.471. The third kappa shape index (κ3) is 5.18. The van der Waals surface area contributed by atoms with Crippen LogP contribution in [-0.2, 0) is 11.3 Å². The van der Waals surface area contributed by atoms with Gasteiger partial charge in [-0.1, -0.05) is 42.8 Å². The molecule has 0 spiro atoms. The molecular weight excluding hydrogens is 284 g/mol.